The van der Waals surface area contributed by atoms with Crippen LogP contribution < -0.4 is 10.5 Å². The van der Waals surface area contributed by atoms with Crippen LogP contribution in [0.3, 0.4) is 0 Å². The number of aliphatic carboxylic acids is 1. The summed E-state index contributed by atoms with van der Waals surface area (Å²) in [4.78, 5) is 19.1. The Kier molecular flexibility index (Phi) is 10.3. The van der Waals surface area contributed by atoms with Crippen molar-refractivity contribution in [3.8, 4) is 5.75 Å². The molecule has 3 aliphatic heterocycles. The smallest absolute Gasteiger partial charge is 0.313 e. The third-order valence-electron chi connectivity index (χ3n) is 7.78. The topological polar surface area (TPSA) is 106 Å². The molecule has 4 N–H and O–H groups in total. The number of rotatable bonds is 6. The molecule has 4 rings (SSSR count). The van der Waals surface area contributed by atoms with Gasteiger partial charge in [0.15, 0.2) is 5.96 Å². The number of nitrogens with one attached hydrogen (secondary N) is 1. The fourth-order valence-corrected chi connectivity index (χ4v) is 5.39. The summed E-state index contributed by atoms with van der Waals surface area (Å²) >= 11 is 0. The van der Waals surface area contributed by atoms with Crippen LogP contribution in [-0.2, 0) is 17.8 Å². The molecular formula is C24H39Cl2N5O3. The zero-order valence-corrected chi connectivity index (χ0v) is 21.6. The lowest BCUT2D eigenvalue weighted by molar-refractivity contribution is -0.155. The van der Waals surface area contributed by atoms with Crippen LogP contribution in [0, 0.1) is 10.8 Å². The first-order chi connectivity index (χ1) is 15.4. The molecule has 0 aliphatic carbocycles. The van der Waals surface area contributed by atoms with Crippen molar-refractivity contribution < 1.29 is 14.6 Å². The summed E-state index contributed by atoms with van der Waals surface area (Å²) in [7, 11) is 0. The van der Waals surface area contributed by atoms with Gasteiger partial charge in [0.05, 0.1) is 0 Å². The molecule has 0 saturated carbocycles. The third kappa shape index (κ3) is 6.27. The third-order valence-corrected chi connectivity index (χ3v) is 7.78. The van der Waals surface area contributed by atoms with E-state index in [1.54, 1.807) is 0 Å². The molecule has 1 aromatic carbocycles. The molecular weight excluding hydrogens is 477 g/mol. The Morgan fingerprint density at radius 2 is 1.82 bits per heavy atom. The average Bonchev–Trinajstić information content (AvgIpc) is 2.82. The summed E-state index contributed by atoms with van der Waals surface area (Å²) in [5.74, 6) is 0.0294. The maximum atomic E-state index is 12.3. The molecule has 3 aliphatic rings. The number of fused-ring (bicyclic) bond motifs is 1. The van der Waals surface area contributed by atoms with Crippen LogP contribution in [0.15, 0.2) is 18.2 Å². The Bertz CT molecular complexity index is 840. The van der Waals surface area contributed by atoms with E-state index in [-0.39, 0.29) is 37.4 Å². The molecule has 3 heterocycles. The van der Waals surface area contributed by atoms with Gasteiger partial charge in [-0.1, -0.05) is 13.0 Å². The highest BCUT2D eigenvalue weighted by atomic mass is 35.5. The van der Waals surface area contributed by atoms with Gasteiger partial charge in [-0.3, -0.25) is 10.2 Å². The van der Waals surface area contributed by atoms with Crippen molar-refractivity contribution in [2.24, 2.45) is 11.1 Å². The maximum absolute atomic E-state index is 12.3. The minimum atomic E-state index is -0.831. The van der Waals surface area contributed by atoms with Crippen molar-refractivity contribution in [1.29, 1.82) is 5.41 Å². The van der Waals surface area contributed by atoms with Crippen LogP contribution in [0.1, 0.15) is 43.7 Å². The number of hydrogen-bond acceptors (Lipinski definition) is 5. The first-order valence-corrected chi connectivity index (χ1v) is 11.9. The van der Waals surface area contributed by atoms with Crippen LogP contribution in [0.5, 0.6) is 5.75 Å². The number of nitrogens with zero attached hydrogens (tertiary/aromatic N) is 3. The van der Waals surface area contributed by atoms with E-state index >= 15 is 0 Å². The average molecular weight is 517 g/mol. The second-order valence-corrected chi connectivity index (χ2v) is 9.56. The number of nitrogens with two attached hydrogens (primary N) is 1. The highest BCUT2D eigenvalue weighted by molar-refractivity contribution is 5.85. The zero-order chi connectivity index (χ0) is 22.7. The molecule has 0 spiro atoms. The summed E-state index contributed by atoms with van der Waals surface area (Å²) in [5, 5.41) is 17.8. The van der Waals surface area contributed by atoms with Gasteiger partial charge < -0.3 is 30.3 Å². The number of carbonyl (C=O) groups is 1. The molecule has 2 fully saturated rings. The molecule has 192 valence electrons. The van der Waals surface area contributed by atoms with Gasteiger partial charge >= 0.3 is 5.97 Å². The number of piperidine rings is 2. The van der Waals surface area contributed by atoms with E-state index in [0.29, 0.717) is 31.2 Å². The molecule has 0 bridgehead atoms. The Balaban J connectivity index is 0.00000204. The SMILES string of the molecule is CCN1CCC(N2CCC(COc3ccc4c(c3)CN(C(=N)N)CC4)(C(=O)O)CC2)CC1.Cl.Cl. The Morgan fingerprint density at radius 1 is 1.15 bits per heavy atom. The van der Waals surface area contributed by atoms with E-state index in [1.165, 1.54) is 18.4 Å². The lowest BCUT2D eigenvalue weighted by Gasteiger charge is -2.44. The van der Waals surface area contributed by atoms with Gasteiger partial charge in [0.2, 0.25) is 0 Å². The van der Waals surface area contributed by atoms with Crippen LogP contribution >= 0.6 is 24.8 Å². The highest BCUT2D eigenvalue weighted by Crippen LogP contribution is 2.35. The van der Waals surface area contributed by atoms with Crippen LogP contribution in [0.25, 0.3) is 0 Å². The fourth-order valence-electron chi connectivity index (χ4n) is 5.39. The number of guanidine groups is 1. The first kappa shape index (κ1) is 28.5. The molecule has 0 amide bonds. The molecule has 34 heavy (non-hydrogen) atoms. The van der Waals surface area contributed by atoms with E-state index in [9.17, 15) is 9.90 Å². The van der Waals surface area contributed by atoms with Gasteiger partial charge in [-0.25, -0.2) is 0 Å². The minimum Gasteiger partial charge on any atom is -0.492 e. The number of ether oxygens (including phenoxy) is 1. The Labute approximate surface area is 215 Å². The largest absolute Gasteiger partial charge is 0.492 e. The van der Waals surface area contributed by atoms with Crippen LogP contribution in [-0.4, -0.2) is 83.7 Å². The predicted molar refractivity (Wildman–Crippen MR) is 138 cm³/mol. The summed E-state index contributed by atoms with van der Waals surface area (Å²) in [6.45, 7) is 8.80. The van der Waals surface area contributed by atoms with Crippen LogP contribution in [0.2, 0.25) is 0 Å². The number of benzene rings is 1. The van der Waals surface area contributed by atoms with Crippen molar-refractivity contribution in [2.75, 3.05) is 45.9 Å². The highest BCUT2D eigenvalue weighted by Gasteiger charge is 2.44. The number of carboxylic acids is 1. The van der Waals surface area contributed by atoms with Gasteiger partial charge in [-0.2, -0.15) is 0 Å². The minimum absolute atomic E-state index is 0. The van der Waals surface area contributed by atoms with Crippen molar-refractivity contribution in [2.45, 2.75) is 51.6 Å². The molecule has 0 aromatic heterocycles. The molecule has 2 saturated heterocycles. The molecule has 1 aromatic rings. The van der Waals surface area contributed by atoms with E-state index in [0.717, 1.165) is 51.3 Å². The van der Waals surface area contributed by atoms with Gasteiger partial charge in [0, 0.05) is 19.1 Å². The van der Waals surface area contributed by atoms with Gasteiger partial charge in [-0.15, -0.1) is 24.8 Å². The van der Waals surface area contributed by atoms with E-state index in [4.69, 9.17) is 15.9 Å². The molecule has 0 radical (unpaired) electrons. The summed E-state index contributed by atoms with van der Waals surface area (Å²) in [6.07, 6.45) is 4.45. The zero-order valence-electron chi connectivity index (χ0n) is 20.0. The normalized spacial score (nSPS) is 21.0. The van der Waals surface area contributed by atoms with Gasteiger partial charge in [0.1, 0.15) is 17.8 Å². The molecule has 10 heteroatoms. The van der Waals surface area contributed by atoms with Gasteiger partial charge in [-0.05, 0) is 88.1 Å². The Morgan fingerprint density at radius 3 is 2.41 bits per heavy atom. The second kappa shape index (κ2) is 12.3. The van der Waals surface area contributed by atoms with Crippen LogP contribution in [0.4, 0.5) is 0 Å². The van der Waals surface area contributed by atoms with E-state index in [1.807, 2.05) is 17.0 Å². The van der Waals surface area contributed by atoms with Gasteiger partial charge in [0.25, 0.3) is 0 Å². The monoisotopic (exact) mass is 515 g/mol. The number of hydrogen-bond donors (Lipinski definition) is 3. The fraction of sp³-hybridized carbons (Fsp3) is 0.667. The number of halogens is 2. The molecule has 0 unspecified atom stereocenters. The lowest BCUT2D eigenvalue weighted by Crippen LogP contribution is -2.52. The summed E-state index contributed by atoms with van der Waals surface area (Å²) < 4.78 is 6.07. The second-order valence-electron chi connectivity index (χ2n) is 9.56. The van der Waals surface area contributed by atoms with Crippen molar-refractivity contribution >= 4 is 36.7 Å². The van der Waals surface area contributed by atoms with Crippen molar-refractivity contribution in [3.63, 3.8) is 0 Å². The standard InChI is InChI=1S/C24H37N5O3.2ClH/c1-2-27-10-6-20(7-11-27)28-13-8-24(9-14-28,22(30)31)17-32-21-4-3-18-5-12-29(23(25)26)16-19(18)15-21;;/h3-4,15,20H,2,5-14,16-17H2,1H3,(H3,25,26)(H,30,31);2*1H. The Hall–Kier alpha value is -1.74. The molecule has 8 nitrogen and oxygen atoms in total. The first-order valence-electron chi connectivity index (χ1n) is 11.9. The summed E-state index contributed by atoms with van der Waals surface area (Å²) in [6, 6.07) is 6.56. The van der Waals surface area contributed by atoms with E-state index < -0.39 is 11.4 Å². The van der Waals surface area contributed by atoms with E-state index in [2.05, 4.69) is 22.8 Å². The molecule has 0 atom stereocenters. The van der Waals surface area contributed by atoms with Crippen molar-refractivity contribution in [3.05, 3.63) is 29.3 Å². The number of likely N-dealkylation sites (tertiary alicyclic amines) is 2. The summed E-state index contributed by atoms with van der Waals surface area (Å²) in [5.41, 5.74) is 7.16. The van der Waals surface area contributed by atoms with Crippen molar-refractivity contribution in [1.82, 2.24) is 14.7 Å². The number of carboxylic acid groups (broad SMARTS) is 1. The lowest BCUT2D eigenvalue weighted by atomic mass is 9.78. The quantitative estimate of drug-likeness (QED) is 0.395. The predicted octanol–water partition coefficient (Wildman–Crippen LogP) is 2.81. The maximum Gasteiger partial charge on any atom is 0.313 e.